The predicted octanol–water partition coefficient (Wildman–Crippen LogP) is 1.24. The Morgan fingerprint density at radius 2 is 1.80 bits per heavy atom. The van der Waals surface area contributed by atoms with Crippen LogP contribution < -0.4 is 19.6 Å². The normalized spacial score (nSPS) is 25.7. The molecule has 0 saturated carbocycles. The van der Waals surface area contributed by atoms with Gasteiger partial charge >= 0.3 is 0 Å². The number of rotatable bonds is 5. The van der Waals surface area contributed by atoms with E-state index in [2.05, 4.69) is 0 Å². The van der Waals surface area contributed by atoms with Gasteiger partial charge in [0.05, 0.1) is 17.6 Å². The topological polar surface area (TPSA) is 148 Å². The van der Waals surface area contributed by atoms with Crippen LogP contribution in [0.1, 0.15) is 18.2 Å². The van der Waals surface area contributed by atoms with Gasteiger partial charge in [0.25, 0.3) is 0 Å². The zero-order valence-electron chi connectivity index (χ0n) is 19.1. The molecule has 1 saturated heterocycles. The van der Waals surface area contributed by atoms with Crippen LogP contribution in [0.3, 0.4) is 0 Å². The monoisotopic (exact) mass is 486 g/mol. The van der Waals surface area contributed by atoms with E-state index in [-0.39, 0.29) is 23.6 Å². The Balaban J connectivity index is 1.54. The quantitative estimate of drug-likeness (QED) is 0.415. The maximum Gasteiger partial charge on any atom is 0.231 e. The molecule has 186 valence electrons. The van der Waals surface area contributed by atoms with Crippen molar-refractivity contribution in [2.24, 2.45) is 0 Å². The van der Waals surface area contributed by atoms with Crippen LogP contribution in [0, 0.1) is 6.92 Å². The van der Waals surface area contributed by atoms with Crippen LogP contribution in [0.2, 0.25) is 0 Å². The molecule has 10 heteroatoms. The molecule has 4 N–H and O–H groups in total. The van der Waals surface area contributed by atoms with E-state index in [1.54, 1.807) is 31.2 Å². The average molecular weight is 486 g/mol. The predicted molar refractivity (Wildman–Crippen MR) is 123 cm³/mol. The van der Waals surface area contributed by atoms with Gasteiger partial charge in [0, 0.05) is 6.07 Å². The lowest BCUT2D eigenvalue weighted by Crippen LogP contribution is -2.60. The molecule has 10 nitrogen and oxygen atoms in total. The highest BCUT2D eigenvalue weighted by Crippen LogP contribution is 2.37. The minimum atomic E-state index is -1.57. The van der Waals surface area contributed by atoms with E-state index in [1.807, 2.05) is 6.92 Å². The van der Waals surface area contributed by atoms with Crippen LogP contribution in [0.15, 0.2) is 39.5 Å². The standard InChI is InChI=1S/C25H26O10/c1-3-12-6-14-17(8-16(12)34-25-24(30)23(29)22(28)19(9-26)35-25)33-11(2)20(21(14)27)13-4-5-15-18(7-13)32-10-31-15/h4-8,19,22-26,28-30H,3,9-10H2,1-2H3/t19-,22+,23+,24-,25+/m0/s1. The molecule has 2 aliphatic heterocycles. The fourth-order valence-corrected chi connectivity index (χ4v) is 4.44. The first-order valence-electron chi connectivity index (χ1n) is 11.3. The molecule has 35 heavy (non-hydrogen) atoms. The second-order valence-electron chi connectivity index (χ2n) is 8.56. The maximum absolute atomic E-state index is 13.5. The van der Waals surface area contributed by atoms with E-state index in [0.717, 1.165) is 0 Å². The van der Waals surface area contributed by atoms with Crippen molar-refractivity contribution < 1.29 is 43.8 Å². The molecule has 0 amide bonds. The van der Waals surface area contributed by atoms with Crippen molar-refractivity contribution in [1.82, 2.24) is 0 Å². The average Bonchev–Trinajstić information content (AvgIpc) is 3.32. The number of aryl methyl sites for hydroxylation is 2. The number of hydrogen-bond acceptors (Lipinski definition) is 10. The molecular formula is C25H26O10. The van der Waals surface area contributed by atoms with Crippen LogP contribution in [0.5, 0.6) is 17.2 Å². The zero-order valence-corrected chi connectivity index (χ0v) is 19.1. The highest BCUT2D eigenvalue weighted by Gasteiger charge is 2.45. The number of aliphatic hydroxyl groups is 4. The van der Waals surface area contributed by atoms with Crippen molar-refractivity contribution in [2.45, 2.75) is 51.0 Å². The van der Waals surface area contributed by atoms with E-state index in [1.165, 1.54) is 6.07 Å². The molecule has 2 aromatic carbocycles. The minimum absolute atomic E-state index is 0.126. The lowest BCUT2D eigenvalue weighted by Gasteiger charge is -2.39. The van der Waals surface area contributed by atoms with Crippen molar-refractivity contribution in [2.75, 3.05) is 13.4 Å². The van der Waals surface area contributed by atoms with Gasteiger partial charge in [-0.05, 0) is 42.7 Å². The molecule has 3 heterocycles. The van der Waals surface area contributed by atoms with E-state index in [4.69, 9.17) is 23.4 Å². The maximum atomic E-state index is 13.5. The first-order valence-corrected chi connectivity index (χ1v) is 11.3. The summed E-state index contributed by atoms with van der Waals surface area (Å²) in [5, 5.41) is 40.2. The molecule has 0 unspecified atom stereocenters. The number of aliphatic hydroxyl groups excluding tert-OH is 4. The molecule has 0 radical (unpaired) electrons. The zero-order chi connectivity index (χ0) is 24.9. The summed E-state index contributed by atoms with van der Waals surface area (Å²) >= 11 is 0. The van der Waals surface area contributed by atoms with E-state index >= 15 is 0 Å². The van der Waals surface area contributed by atoms with Crippen molar-refractivity contribution >= 4 is 11.0 Å². The Labute approximate surface area is 199 Å². The molecule has 5 atom stereocenters. The molecule has 1 aromatic heterocycles. The number of ether oxygens (including phenoxy) is 4. The fraction of sp³-hybridized carbons (Fsp3) is 0.400. The van der Waals surface area contributed by atoms with Gasteiger partial charge < -0.3 is 43.8 Å². The lowest BCUT2D eigenvalue weighted by atomic mass is 9.99. The number of hydrogen-bond donors (Lipinski definition) is 4. The van der Waals surface area contributed by atoms with Crippen molar-refractivity contribution in [3.8, 4) is 28.4 Å². The van der Waals surface area contributed by atoms with E-state index in [9.17, 15) is 25.2 Å². The van der Waals surface area contributed by atoms with Gasteiger partial charge in [-0.3, -0.25) is 4.79 Å². The molecular weight excluding hydrogens is 460 g/mol. The van der Waals surface area contributed by atoms with Crippen molar-refractivity contribution in [1.29, 1.82) is 0 Å². The van der Waals surface area contributed by atoms with Gasteiger partial charge in [-0.1, -0.05) is 13.0 Å². The second-order valence-corrected chi connectivity index (χ2v) is 8.56. The van der Waals surface area contributed by atoms with Gasteiger partial charge in [0.1, 0.15) is 41.5 Å². The van der Waals surface area contributed by atoms with Crippen LogP contribution in [-0.2, 0) is 11.2 Å². The molecule has 5 rings (SSSR count). The van der Waals surface area contributed by atoms with E-state index in [0.29, 0.717) is 45.8 Å². The Morgan fingerprint density at radius 3 is 2.54 bits per heavy atom. The third-order valence-electron chi connectivity index (χ3n) is 6.38. The third kappa shape index (κ3) is 4.03. The largest absolute Gasteiger partial charge is 0.462 e. The van der Waals surface area contributed by atoms with Gasteiger partial charge in [-0.2, -0.15) is 0 Å². The molecule has 1 fully saturated rings. The highest BCUT2D eigenvalue weighted by molar-refractivity contribution is 5.85. The van der Waals surface area contributed by atoms with Gasteiger partial charge in [0.15, 0.2) is 11.5 Å². The smallest absolute Gasteiger partial charge is 0.231 e. The fourth-order valence-electron chi connectivity index (χ4n) is 4.44. The minimum Gasteiger partial charge on any atom is -0.462 e. The van der Waals surface area contributed by atoms with Gasteiger partial charge in [-0.25, -0.2) is 0 Å². The summed E-state index contributed by atoms with van der Waals surface area (Å²) in [5.74, 6) is 1.84. The van der Waals surface area contributed by atoms with Crippen LogP contribution in [-0.4, -0.2) is 64.5 Å². The summed E-state index contributed by atoms with van der Waals surface area (Å²) in [6.45, 7) is 3.11. The first-order chi connectivity index (χ1) is 16.8. The van der Waals surface area contributed by atoms with Crippen LogP contribution in [0.4, 0.5) is 0 Å². The molecule has 0 bridgehead atoms. The van der Waals surface area contributed by atoms with Gasteiger partial charge in [0.2, 0.25) is 18.5 Å². The molecule has 2 aliphatic rings. The highest BCUT2D eigenvalue weighted by atomic mass is 16.7. The number of fused-ring (bicyclic) bond motifs is 2. The molecule has 3 aromatic rings. The second kappa shape index (κ2) is 9.14. The first kappa shape index (κ1) is 23.6. The summed E-state index contributed by atoms with van der Waals surface area (Å²) in [6.07, 6.45) is -6.60. The Morgan fingerprint density at radius 1 is 1.03 bits per heavy atom. The summed E-state index contributed by atoms with van der Waals surface area (Å²) in [6, 6.07) is 8.46. The van der Waals surface area contributed by atoms with E-state index < -0.39 is 37.3 Å². The van der Waals surface area contributed by atoms with Crippen LogP contribution in [0.25, 0.3) is 22.1 Å². The lowest BCUT2D eigenvalue weighted by molar-refractivity contribution is -0.277. The number of benzene rings is 2. The Hall–Kier alpha value is -3.15. The van der Waals surface area contributed by atoms with Crippen molar-refractivity contribution in [3.63, 3.8) is 0 Å². The van der Waals surface area contributed by atoms with Crippen molar-refractivity contribution in [3.05, 3.63) is 51.9 Å². The van der Waals surface area contributed by atoms with Gasteiger partial charge in [-0.15, -0.1) is 0 Å². The third-order valence-corrected chi connectivity index (χ3v) is 6.38. The molecule has 0 spiro atoms. The Bertz CT molecular complexity index is 1310. The molecule has 0 aliphatic carbocycles. The SMILES string of the molecule is CCc1cc2c(=O)c(-c3ccc4c(c3)OCO4)c(C)oc2cc1O[C@@H]1O[C@@H](CO)[C@@H](O)[C@@H](O)[C@@H]1O. The summed E-state index contributed by atoms with van der Waals surface area (Å²) in [4.78, 5) is 13.5. The summed E-state index contributed by atoms with van der Waals surface area (Å²) in [5.41, 5.74) is 1.73. The Kier molecular flexibility index (Phi) is 6.16. The van der Waals surface area contributed by atoms with Crippen LogP contribution >= 0.6 is 0 Å². The summed E-state index contributed by atoms with van der Waals surface area (Å²) < 4.78 is 28.1. The summed E-state index contributed by atoms with van der Waals surface area (Å²) in [7, 11) is 0.